The number of aromatic nitrogens is 2. The first-order chi connectivity index (χ1) is 13.1. The highest BCUT2D eigenvalue weighted by Crippen LogP contribution is 2.28. The van der Waals surface area contributed by atoms with Gasteiger partial charge in [0.2, 0.25) is 0 Å². The molecule has 3 heteroatoms. The van der Waals surface area contributed by atoms with Gasteiger partial charge in [0.05, 0.1) is 0 Å². The normalized spacial score (nSPS) is 11.6. The summed E-state index contributed by atoms with van der Waals surface area (Å²) in [4.78, 5) is 6.86. The van der Waals surface area contributed by atoms with Crippen LogP contribution < -0.4 is 0 Å². The molecule has 0 amide bonds. The molecule has 0 spiro atoms. The Morgan fingerprint density at radius 3 is 2.59 bits per heavy atom. The van der Waals surface area contributed by atoms with Crippen molar-refractivity contribution in [3.05, 3.63) is 65.1 Å². The van der Waals surface area contributed by atoms with Gasteiger partial charge in [-0.25, -0.2) is 0 Å². The quantitative estimate of drug-likeness (QED) is 0.499. The Morgan fingerprint density at radius 1 is 1.04 bits per heavy atom. The molecule has 3 rings (SSSR count). The van der Waals surface area contributed by atoms with Gasteiger partial charge in [0.15, 0.2) is 0 Å². The first-order valence-corrected chi connectivity index (χ1v) is 10.3. The molecule has 3 aromatic rings. The smallest absolute Gasteiger partial charge is 0.0485 e. The molecule has 0 saturated heterocycles. The third-order valence-corrected chi connectivity index (χ3v) is 5.42. The molecule has 1 aromatic carbocycles. The lowest BCUT2D eigenvalue weighted by atomic mass is 10.1. The van der Waals surface area contributed by atoms with Gasteiger partial charge < -0.3 is 4.57 Å². The zero-order valence-corrected chi connectivity index (χ0v) is 17.3. The van der Waals surface area contributed by atoms with Crippen LogP contribution >= 0.6 is 0 Å². The summed E-state index contributed by atoms with van der Waals surface area (Å²) in [7, 11) is 0. The van der Waals surface area contributed by atoms with Crippen LogP contribution in [0.5, 0.6) is 0 Å². The van der Waals surface area contributed by atoms with Crippen LogP contribution in [0.1, 0.15) is 49.1 Å². The van der Waals surface area contributed by atoms with Crippen molar-refractivity contribution in [3.8, 4) is 0 Å². The lowest BCUT2D eigenvalue weighted by Gasteiger charge is -2.22. The summed E-state index contributed by atoms with van der Waals surface area (Å²) in [6.45, 7) is 13.3. The molecule has 144 valence electrons. The molecular formula is C24H33N3. The van der Waals surface area contributed by atoms with E-state index in [0.717, 1.165) is 39.0 Å². The predicted octanol–water partition coefficient (Wildman–Crippen LogP) is 5.52. The summed E-state index contributed by atoms with van der Waals surface area (Å²) in [5.74, 6) is 0. The minimum atomic E-state index is 1.02. The number of rotatable bonds is 9. The molecule has 0 saturated carbocycles. The highest BCUT2D eigenvalue weighted by molar-refractivity contribution is 5.86. The second-order valence-corrected chi connectivity index (χ2v) is 7.62. The van der Waals surface area contributed by atoms with Crippen molar-refractivity contribution in [1.82, 2.24) is 14.5 Å². The van der Waals surface area contributed by atoms with E-state index in [0.29, 0.717) is 0 Å². The number of pyridine rings is 1. The molecule has 27 heavy (non-hydrogen) atoms. The standard InChI is InChI=1S/C24H33N3/c1-5-13-26(15-11-21-8-7-12-25-17-21)18-23-20(4)27(14-6-2)24-10-9-19(3)16-22(23)24/h7-10,12,16-17H,5-6,11,13-15,18H2,1-4H3. The minimum absolute atomic E-state index is 1.02. The van der Waals surface area contributed by atoms with Crippen molar-refractivity contribution >= 4 is 10.9 Å². The molecule has 0 radical (unpaired) electrons. The fraction of sp³-hybridized carbons (Fsp3) is 0.458. The van der Waals surface area contributed by atoms with E-state index in [9.17, 15) is 0 Å². The molecule has 2 heterocycles. The number of benzene rings is 1. The van der Waals surface area contributed by atoms with Gasteiger partial charge in [-0.1, -0.05) is 31.5 Å². The molecule has 0 aliphatic carbocycles. The minimum Gasteiger partial charge on any atom is -0.345 e. The lowest BCUT2D eigenvalue weighted by molar-refractivity contribution is 0.269. The Morgan fingerprint density at radius 2 is 1.89 bits per heavy atom. The van der Waals surface area contributed by atoms with Crippen molar-refractivity contribution in [2.45, 2.75) is 60.0 Å². The Labute approximate surface area is 164 Å². The Bertz CT molecular complexity index is 864. The van der Waals surface area contributed by atoms with Crippen LogP contribution in [0.2, 0.25) is 0 Å². The summed E-state index contributed by atoms with van der Waals surface area (Å²) in [5, 5.41) is 1.43. The highest BCUT2D eigenvalue weighted by atomic mass is 15.1. The number of fused-ring (bicyclic) bond motifs is 1. The molecule has 0 unspecified atom stereocenters. The topological polar surface area (TPSA) is 21.1 Å². The van der Waals surface area contributed by atoms with Crippen molar-refractivity contribution in [1.29, 1.82) is 0 Å². The van der Waals surface area contributed by atoms with Crippen molar-refractivity contribution in [2.75, 3.05) is 13.1 Å². The summed E-state index contributed by atoms with van der Waals surface area (Å²) in [5.41, 5.74) is 6.98. The van der Waals surface area contributed by atoms with Crippen molar-refractivity contribution in [3.63, 3.8) is 0 Å². The predicted molar refractivity (Wildman–Crippen MR) is 115 cm³/mol. The average molecular weight is 364 g/mol. The monoisotopic (exact) mass is 363 g/mol. The SMILES string of the molecule is CCCN(CCc1cccnc1)Cc1c(C)n(CCC)c2ccc(C)cc12. The van der Waals surface area contributed by atoms with E-state index in [1.807, 2.05) is 18.5 Å². The molecule has 3 nitrogen and oxygen atoms in total. The Kier molecular flexibility index (Phi) is 6.68. The number of hydrogen-bond acceptors (Lipinski definition) is 2. The third kappa shape index (κ3) is 4.59. The van der Waals surface area contributed by atoms with Crippen molar-refractivity contribution in [2.24, 2.45) is 0 Å². The van der Waals surface area contributed by atoms with E-state index in [-0.39, 0.29) is 0 Å². The van der Waals surface area contributed by atoms with Gasteiger partial charge in [0.1, 0.15) is 0 Å². The maximum atomic E-state index is 4.26. The molecule has 0 aliphatic rings. The van der Waals surface area contributed by atoms with Crippen LogP contribution in [-0.2, 0) is 19.5 Å². The van der Waals surface area contributed by atoms with Gasteiger partial charge in [-0.3, -0.25) is 9.88 Å². The molecule has 2 aromatic heterocycles. The van der Waals surface area contributed by atoms with Crippen LogP contribution in [0, 0.1) is 13.8 Å². The largest absolute Gasteiger partial charge is 0.345 e. The zero-order chi connectivity index (χ0) is 19.2. The van der Waals surface area contributed by atoms with E-state index >= 15 is 0 Å². The van der Waals surface area contributed by atoms with Crippen LogP contribution in [0.3, 0.4) is 0 Å². The van der Waals surface area contributed by atoms with Gasteiger partial charge >= 0.3 is 0 Å². The second kappa shape index (κ2) is 9.18. The average Bonchev–Trinajstić information content (AvgIpc) is 2.92. The van der Waals surface area contributed by atoms with E-state index in [1.165, 1.54) is 39.7 Å². The lowest BCUT2D eigenvalue weighted by Crippen LogP contribution is -2.27. The Hall–Kier alpha value is -2.13. The molecule has 0 fully saturated rings. The summed E-state index contributed by atoms with van der Waals surface area (Å²) in [6.07, 6.45) is 7.24. The van der Waals surface area contributed by atoms with E-state index in [1.54, 1.807) is 0 Å². The highest BCUT2D eigenvalue weighted by Gasteiger charge is 2.16. The van der Waals surface area contributed by atoms with Crippen LogP contribution in [0.25, 0.3) is 10.9 Å². The first-order valence-electron chi connectivity index (χ1n) is 10.3. The van der Waals surface area contributed by atoms with Crippen LogP contribution in [0.15, 0.2) is 42.7 Å². The number of nitrogens with zero attached hydrogens (tertiary/aromatic N) is 3. The second-order valence-electron chi connectivity index (χ2n) is 7.62. The van der Waals surface area contributed by atoms with Crippen LogP contribution in [0.4, 0.5) is 0 Å². The van der Waals surface area contributed by atoms with Gasteiger partial charge in [-0.05, 0) is 69.0 Å². The van der Waals surface area contributed by atoms with E-state index < -0.39 is 0 Å². The molecule has 0 atom stereocenters. The maximum absolute atomic E-state index is 4.26. The number of hydrogen-bond donors (Lipinski definition) is 0. The fourth-order valence-electron chi connectivity index (χ4n) is 4.02. The molecular weight excluding hydrogens is 330 g/mol. The van der Waals surface area contributed by atoms with E-state index in [2.05, 4.69) is 66.4 Å². The zero-order valence-electron chi connectivity index (χ0n) is 17.3. The van der Waals surface area contributed by atoms with Gasteiger partial charge in [-0.15, -0.1) is 0 Å². The summed E-state index contributed by atoms with van der Waals surface area (Å²) < 4.78 is 2.51. The van der Waals surface area contributed by atoms with Gasteiger partial charge in [-0.2, -0.15) is 0 Å². The number of aryl methyl sites for hydroxylation is 2. The van der Waals surface area contributed by atoms with Gasteiger partial charge in [0, 0.05) is 48.6 Å². The van der Waals surface area contributed by atoms with E-state index in [4.69, 9.17) is 0 Å². The first kappa shape index (κ1) is 19.6. The third-order valence-electron chi connectivity index (χ3n) is 5.42. The molecule has 0 aliphatic heterocycles. The van der Waals surface area contributed by atoms with Gasteiger partial charge in [0.25, 0.3) is 0 Å². The van der Waals surface area contributed by atoms with Crippen molar-refractivity contribution < 1.29 is 0 Å². The van der Waals surface area contributed by atoms with Crippen LogP contribution in [-0.4, -0.2) is 27.5 Å². The maximum Gasteiger partial charge on any atom is 0.0485 e. The molecule has 0 bridgehead atoms. The fourth-order valence-corrected chi connectivity index (χ4v) is 4.02. The molecule has 0 N–H and O–H groups in total. The summed E-state index contributed by atoms with van der Waals surface area (Å²) in [6, 6.07) is 11.1. The Balaban J connectivity index is 1.87. The summed E-state index contributed by atoms with van der Waals surface area (Å²) >= 11 is 0.